The second kappa shape index (κ2) is 7.94. The van der Waals surface area contributed by atoms with Crippen LogP contribution in [-0.2, 0) is 6.42 Å². The molecule has 0 aliphatic rings. The van der Waals surface area contributed by atoms with Crippen LogP contribution in [-0.4, -0.2) is 25.2 Å². The standard InChI is InChI=1S/C24H18ClN5O2/c1-2-19-21(15-6-4-3-5-7-15)22-26-14-18-20(30(22)27-19)12-13-29(24(18)32)28-23(31)16-8-10-17(25)11-9-16/h3-14H,2H2,1H3,(H,28,31). The predicted octanol–water partition coefficient (Wildman–Crippen LogP) is 4.31. The van der Waals surface area contributed by atoms with Crippen molar-refractivity contribution in [1.29, 1.82) is 0 Å². The highest BCUT2D eigenvalue weighted by Crippen LogP contribution is 2.29. The van der Waals surface area contributed by atoms with Crippen LogP contribution >= 0.6 is 11.6 Å². The molecule has 0 unspecified atom stereocenters. The molecule has 0 fully saturated rings. The Hall–Kier alpha value is -3.97. The fourth-order valence-corrected chi connectivity index (χ4v) is 3.85. The maximum absolute atomic E-state index is 13.1. The third kappa shape index (κ3) is 3.33. The van der Waals surface area contributed by atoms with Crippen molar-refractivity contribution < 1.29 is 4.79 Å². The number of hydrogen-bond donors (Lipinski definition) is 1. The molecule has 1 amide bonds. The number of benzene rings is 2. The van der Waals surface area contributed by atoms with Crippen LogP contribution in [0.2, 0.25) is 5.02 Å². The number of nitrogens with zero attached hydrogens (tertiary/aromatic N) is 4. The van der Waals surface area contributed by atoms with Gasteiger partial charge in [-0.25, -0.2) is 14.2 Å². The first kappa shape index (κ1) is 20.0. The lowest BCUT2D eigenvalue weighted by Crippen LogP contribution is -2.32. The number of hydrogen-bond acceptors (Lipinski definition) is 4. The van der Waals surface area contributed by atoms with Crippen molar-refractivity contribution in [3.63, 3.8) is 0 Å². The summed E-state index contributed by atoms with van der Waals surface area (Å²) in [5.74, 6) is -0.420. The van der Waals surface area contributed by atoms with Gasteiger partial charge in [0.15, 0.2) is 5.65 Å². The number of fused-ring (bicyclic) bond motifs is 3. The van der Waals surface area contributed by atoms with Gasteiger partial charge in [-0.1, -0.05) is 48.9 Å². The van der Waals surface area contributed by atoms with Crippen molar-refractivity contribution >= 4 is 34.1 Å². The summed E-state index contributed by atoms with van der Waals surface area (Å²) in [6, 6.07) is 18.1. The van der Waals surface area contributed by atoms with Gasteiger partial charge >= 0.3 is 0 Å². The van der Waals surface area contributed by atoms with Crippen LogP contribution in [0.5, 0.6) is 0 Å². The topological polar surface area (TPSA) is 81.3 Å². The Morgan fingerprint density at radius 1 is 1.06 bits per heavy atom. The summed E-state index contributed by atoms with van der Waals surface area (Å²) in [6.07, 6.45) is 3.78. The average molecular weight is 444 g/mol. The van der Waals surface area contributed by atoms with Crippen LogP contribution in [0.3, 0.4) is 0 Å². The van der Waals surface area contributed by atoms with Crippen LogP contribution < -0.4 is 11.0 Å². The van der Waals surface area contributed by atoms with Gasteiger partial charge in [0.25, 0.3) is 11.5 Å². The third-order valence-electron chi connectivity index (χ3n) is 5.31. The zero-order chi connectivity index (χ0) is 22.2. The zero-order valence-corrected chi connectivity index (χ0v) is 17.9. The van der Waals surface area contributed by atoms with Gasteiger partial charge < -0.3 is 0 Å². The fraction of sp³-hybridized carbons (Fsp3) is 0.0833. The van der Waals surface area contributed by atoms with E-state index in [1.807, 2.05) is 37.3 Å². The molecule has 32 heavy (non-hydrogen) atoms. The maximum atomic E-state index is 13.1. The van der Waals surface area contributed by atoms with E-state index in [0.29, 0.717) is 27.1 Å². The molecule has 2 aromatic carbocycles. The minimum absolute atomic E-state index is 0.348. The largest absolute Gasteiger partial charge is 0.280 e. The lowest BCUT2D eigenvalue weighted by molar-refractivity contribution is 0.101. The quantitative estimate of drug-likeness (QED) is 0.448. The molecule has 0 atom stereocenters. The first-order valence-corrected chi connectivity index (χ1v) is 10.5. The number of nitrogens with one attached hydrogen (secondary N) is 1. The monoisotopic (exact) mass is 443 g/mol. The van der Waals surface area contributed by atoms with Crippen LogP contribution in [0.4, 0.5) is 0 Å². The van der Waals surface area contributed by atoms with Crippen molar-refractivity contribution in [3.05, 3.63) is 99.7 Å². The fourth-order valence-electron chi connectivity index (χ4n) is 3.73. The second-order valence-electron chi connectivity index (χ2n) is 7.27. The molecular formula is C24H18ClN5O2. The molecule has 0 aliphatic carbocycles. The normalized spacial score (nSPS) is 11.2. The Labute approximate surface area is 187 Å². The molecule has 5 rings (SSSR count). The minimum atomic E-state index is -0.420. The molecule has 5 aromatic rings. The number of pyridine rings is 1. The number of aryl methyl sites for hydroxylation is 1. The molecule has 0 bridgehead atoms. The van der Waals surface area contributed by atoms with Crippen LogP contribution in [0.1, 0.15) is 23.0 Å². The van der Waals surface area contributed by atoms with E-state index in [1.54, 1.807) is 34.8 Å². The highest BCUT2D eigenvalue weighted by Gasteiger charge is 2.18. The van der Waals surface area contributed by atoms with Gasteiger partial charge in [-0.15, -0.1) is 0 Å². The van der Waals surface area contributed by atoms with Crippen molar-refractivity contribution in [3.8, 4) is 11.1 Å². The Bertz CT molecular complexity index is 1520. The molecule has 8 heteroatoms. The molecule has 158 valence electrons. The number of carbonyl (C=O) groups is 1. The number of halogens is 1. The van der Waals surface area contributed by atoms with E-state index in [4.69, 9.17) is 16.7 Å². The van der Waals surface area contributed by atoms with Crippen molar-refractivity contribution in [2.75, 3.05) is 5.43 Å². The summed E-state index contributed by atoms with van der Waals surface area (Å²) in [5.41, 5.74) is 6.78. The molecule has 0 saturated carbocycles. The molecule has 7 nitrogen and oxygen atoms in total. The van der Waals surface area contributed by atoms with Gasteiger partial charge in [-0.05, 0) is 42.3 Å². The molecule has 0 aliphatic heterocycles. The third-order valence-corrected chi connectivity index (χ3v) is 5.56. The summed E-state index contributed by atoms with van der Waals surface area (Å²) < 4.78 is 2.85. The van der Waals surface area contributed by atoms with Gasteiger partial charge in [0.1, 0.15) is 0 Å². The number of amides is 1. The summed E-state index contributed by atoms with van der Waals surface area (Å²) in [6.45, 7) is 2.04. The minimum Gasteiger partial charge on any atom is -0.267 e. The molecule has 3 heterocycles. The lowest BCUT2D eigenvalue weighted by Gasteiger charge is -2.10. The Balaban J connectivity index is 1.61. The van der Waals surface area contributed by atoms with Gasteiger partial charge in [0.2, 0.25) is 0 Å². The van der Waals surface area contributed by atoms with Crippen LogP contribution in [0, 0.1) is 0 Å². The van der Waals surface area contributed by atoms with Crippen molar-refractivity contribution in [1.82, 2.24) is 19.3 Å². The summed E-state index contributed by atoms with van der Waals surface area (Å²) in [7, 11) is 0. The van der Waals surface area contributed by atoms with Crippen molar-refractivity contribution in [2.24, 2.45) is 0 Å². The summed E-state index contributed by atoms with van der Waals surface area (Å²) in [5, 5.41) is 5.61. The number of aromatic nitrogens is 4. The Morgan fingerprint density at radius 2 is 1.81 bits per heavy atom. The van der Waals surface area contributed by atoms with E-state index >= 15 is 0 Å². The van der Waals surface area contributed by atoms with Gasteiger partial charge in [-0.2, -0.15) is 5.10 Å². The Morgan fingerprint density at radius 3 is 2.53 bits per heavy atom. The zero-order valence-electron chi connectivity index (χ0n) is 17.1. The SMILES string of the molecule is CCc1nn2c(ncc3c(=O)n(NC(=O)c4ccc(Cl)cc4)ccc32)c1-c1ccccc1. The van der Waals surface area contributed by atoms with E-state index in [-0.39, 0.29) is 0 Å². The molecule has 1 N–H and O–H groups in total. The van der Waals surface area contributed by atoms with Crippen LogP contribution in [0.15, 0.2) is 77.9 Å². The highest BCUT2D eigenvalue weighted by molar-refractivity contribution is 6.30. The highest BCUT2D eigenvalue weighted by atomic mass is 35.5. The number of carbonyl (C=O) groups excluding carboxylic acids is 1. The van der Waals surface area contributed by atoms with Gasteiger partial charge in [-0.3, -0.25) is 15.0 Å². The van der Waals surface area contributed by atoms with Gasteiger partial charge in [0.05, 0.1) is 16.6 Å². The van der Waals surface area contributed by atoms with E-state index in [0.717, 1.165) is 27.9 Å². The van der Waals surface area contributed by atoms with E-state index in [9.17, 15) is 9.59 Å². The molecule has 0 spiro atoms. The summed E-state index contributed by atoms with van der Waals surface area (Å²) >= 11 is 5.88. The second-order valence-corrected chi connectivity index (χ2v) is 7.71. The Kier molecular flexibility index (Phi) is 4.95. The molecule has 3 aromatic heterocycles. The first-order valence-electron chi connectivity index (χ1n) is 10.1. The number of rotatable bonds is 4. The van der Waals surface area contributed by atoms with E-state index in [1.165, 1.54) is 12.4 Å². The summed E-state index contributed by atoms with van der Waals surface area (Å²) in [4.78, 5) is 30.2. The average Bonchev–Trinajstić information content (AvgIpc) is 3.21. The maximum Gasteiger partial charge on any atom is 0.280 e. The van der Waals surface area contributed by atoms with E-state index in [2.05, 4.69) is 10.4 Å². The smallest absolute Gasteiger partial charge is 0.267 e. The molecular weight excluding hydrogens is 426 g/mol. The predicted molar refractivity (Wildman–Crippen MR) is 125 cm³/mol. The first-order chi connectivity index (χ1) is 15.6. The lowest BCUT2D eigenvalue weighted by atomic mass is 10.0. The molecule has 0 radical (unpaired) electrons. The van der Waals surface area contributed by atoms with E-state index < -0.39 is 11.5 Å². The van der Waals surface area contributed by atoms with Gasteiger partial charge in [0, 0.05) is 28.5 Å². The molecule has 0 saturated heterocycles. The van der Waals surface area contributed by atoms with Crippen LogP contribution in [0.25, 0.3) is 27.7 Å². The van der Waals surface area contributed by atoms with Crippen molar-refractivity contribution in [2.45, 2.75) is 13.3 Å².